The molecule has 1 N–H and O–H groups in total. The predicted octanol–water partition coefficient (Wildman–Crippen LogP) is 3.08. The SMILES string of the molecule is COc1ccc2c(c1)C(NC(C)c1cnn(C)c1C)CC2. The monoisotopic (exact) mass is 285 g/mol. The Kier molecular flexibility index (Phi) is 3.72. The minimum Gasteiger partial charge on any atom is -0.497 e. The molecule has 1 aliphatic rings. The van der Waals surface area contributed by atoms with E-state index < -0.39 is 0 Å². The summed E-state index contributed by atoms with van der Waals surface area (Å²) in [4.78, 5) is 0. The number of benzene rings is 1. The molecule has 2 unspecified atom stereocenters. The number of nitrogens with zero attached hydrogens (tertiary/aromatic N) is 2. The topological polar surface area (TPSA) is 39.1 Å². The van der Waals surface area contributed by atoms with Crippen LogP contribution in [0.3, 0.4) is 0 Å². The molecule has 2 aromatic rings. The van der Waals surface area contributed by atoms with Crippen molar-refractivity contribution >= 4 is 0 Å². The van der Waals surface area contributed by atoms with E-state index in [4.69, 9.17) is 4.74 Å². The summed E-state index contributed by atoms with van der Waals surface area (Å²) in [5, 5.41) is 8.09. The summed E-state index contributed by atoms with van der Waals surface area (Å²) in [6.07, 6.45) is 4.25. The summed E-state index contributed by atoms with van der Waals surface area (Å²) in [5.74, 6) is 0.938. The average molecular weight is 285 g/mol. The van der Waals surface area contributed by atoms with Crippen LogP contribution in [-0.2, 0) is 13.5 Å². The van der Waals surface area contributed by atoms with E-state index >= 15 is 0 Å². The first-order valence-electron chi connectivity index (χ1n) is 7.51. The number of fused-ring (bicyclic) bond motifs is 1. The smallest absolute Gasteiger partial charge is 0.119 e. The Morgan fingerprint density at radius 3 is 2.90 bits per heavy atom. The Morgan fingerprint density at radius 1 is 1.43 bits per heavy atom. The molecule has 2 atom stereocenters. The molecule has 21 heavy (non-hydrogen) atoms. The molecular formula is C17H23N3O. The lowest BCUT2D eigenvalue weighted by Gasteiger charge is -2.20. The average Bonchev–Trinajstić information content (AvgIpc) is 3.03. The van der Waals surface area contributed by atoms with Crippen LogP contribution in [0.5, 0.6) is 5.75 Å². The van der Waals surface area contributed by atoms with Gasteiger partial charge in [-0.25, -0.2) is 0 Å². The van der Waals surface area contributed by atoms with Gasteiger partial charge in [0.05, 0.1) is 13.3 Å². The van der Waals surface area contributed by atoms with Crippen LogP contribution in [0.1, 0.15) is 47.8 Å². The van der Waals surface area contributed by atoms with Gasteiger partial charge in [0.2, 0.25) is 0 Å². The number of aromatic nitrogens is 2. The molecule has 1 heterocycles. The standard InChI is InChI=1S/C17H23N3O/c1-11(16-10-18-20(3)12(16)2)19-17-8-6-13-5-7-14(21-4)9-15(13)17/h5,7,9-11,17,19H,6,8H2,1-4H3. The Morgan fingerprint density at radius 2 is 2.24 bits per heavy atom. The molecule has 0 aliphatic heterocycles. The lowest BCUT2D eigenvalue weighted by Crippen LogP contribution is -2.23. The zero-order valence-corrected chi connectivity index (χ0v) is 13.2. The third-order valence-electron chi connectivity index (χ3n) is 4.62. The van der Waals surface area contributed by atoms with Crippen LogP contribution in [0.4, 0.5) is 0 Å². The zero-order chi connectivity index (χ0) is 15.0. The molecule has 0 saturated heterocycles. The fourth-order valence-electron chi connectivity index (χ4n) is 3.21. The largest absolute Gasteiger partial charge is 0.497 e. The van der Waals surface area contributed by atoms with Crippen LogP contribution < -0.4 is 10.1 Å². The third kappa shape index (κ3) is 2.56. The molecule has 0 spiro atoms. The number of hydrogen-bond acceptors (Lipinski definition) is 3. The Labute approximate surface area is 126 Å². The minimum atomic E-state index is 0.292. The number of aryl methyl sites for hydroxylation is 2. The van der Waals surface area contributed by atoms with Gasteiger partial charge in [-0.15, -0.1) is 0 Å². The molecular weight excluding hydrogens is 262 g/mol. The predicted molar refractivity (Wildman–Crippen MR) is 83.6 cm³/mol. The first-order valence-corrected chi connectivity index (χ1v) is 7.51. The summed E-state index contributed by atoms with van der Waals surface area (Å²) >= 11 is 0. The molecule has 0 saturated carbocycles. The summed E-state index contributed by atoms with van der Waals surface area (Å²) in [6, 6.07) is 7.10. The lowest BCUT2D eigenvalue weighted by molar-refractivity contribution is 0.412. The molecule has 0 amide bonds. The summed E-state index contributed by atoms with van der Waals surface area (Å²) < 4.78 is 7.29. The second-order valence-electron chi connectivity index (χ2n) is 5.85. The molecule has 4 heteroatoms. The second kappa shape index (κ2) is 5.53. The van der Waals surface area contributed by atoms with E-state index in [1.54, 1.807) is 7.11 Å². The maximum Gasteiger partial charge on any atom is 0.119 e. The van der Waals surface area contributed by atoms with Crippen LogP contribution in [0.2, 0.25) is 0 Å². The minimum absolute atomic E-state index is 0.292. The Balaban J connectivity index is 1.80. The van der Waals surface area contributed by atoms with E-state index in [9.17, 15) is 0 Å². The van der Waals surface area contributed by atoms with E-state index in [2.05, 4.69) is 42.5 Å². The number of rotatable bonds is 4. The van der Waals surface area contributed by atoms with Crippen molar-refractivity contribution in [3.05, 3.63) is 46.8 Å². The molecule has 3 rings (SSSR count). The van der Waals surface area contributed by atoms with Gasteiger partial charge >= 0.3 is 0 Å². The summed E-state index contributed by atoms with van der Waals surface area (Å²) in [7, 11) is 3.71. The highest BCUT2D eigenvalue weighted by molar-refractivity contribution is 5.41. The molecule has 1 aromatic heterocycles. The number of hydrogen-bond donors (Lipinski definition) is 1. The first-order chi connectivity index (χ1) is 10.1. The Hall–Kier alpha value is -1.81. The van der Waals surface area contributed by atoms with Crippen LogP contribution in [0.15, 0.2) is 24.4 Å². The van der Waals surface area contributed by atoms with Gasteiger partial charge in [0.25, 0.3) is 0 Å². The van der Waals surface area contributed by atoms with Crippen LogP contribution in [0, 0.1) is 6.92 Å². The summed E-state index contributed by atoms with van der Waals surface area (Å²) in [6.45, 7) is 4.33. The molecule has 112 valence electrons. The highest BCUT2D eigenvalue weighted by Crippen LogP contribution is 2.35. The van der Waals surface area contributed by atoms with E-state index in [1.165, 1.54) is 22.4 Å². The fraction of sp³-hybridized carbons (Fsp3) is 0.471. The van der Waals surface area contributed by atoms with Gasteiger partial charge in [-0.3, -0.25) is 4.68 Å². The van der Waals surface area contributed by atoms with E-state index in [0.29, 0.717) is 12.1 Å². The van der Waals surface area contributed by atoms with Gasteiger partial charge in [-0.2, -0.15) is 5.10 Å². The van der Waals surface area contributed by atoms with Crippen LogP contribution in [0.25, 0.3) is 0 Å². The zero-order valence-electron chi connectivity index (χ0n) is 13.2. The normalized spacial score (nSPS) is 18.6. The summed E-state index contributed by atoms with van der Waals surface area (Å²) in [5.41, 5.74) is 5.30. The third-order valence-corrected chi connectivity index (χ3v) is 4.62. The maximum atomic E-state index is 5.36. The van der Waals surface area contributed by atoms with Gasteiger partial charge < -0.3 is 10.1 Å². The molecule has 4 nitrogen and oxygen atoms in total. The van der Waals surface area contributed by atoms with Crippen molar-refractivity contribution in [2.75, 3.05) is 7.11 Å². The van der Waals surface area contributed by atoms with Gasteiger partial charge in [0.15, 0.2) is 0 Å². The van der Waals surface area contributed by atoms with Gasteiger partial charge in [0.1, 0.15) is 5.75 Å². The van der Waals surface area contributed by atoms with Gasteiger partial charge in [-0.1, -0.05) is 6.07 Å². The van der Waals surface area contributed by atoms with Crippen molar-refractivity contribution in [3.63, 3.8) is 0 Å². The molecule has 0 fully saturated rings. The second-order valence-corrected chi connectivity index (χ2v) is 5.85. The van der Waals surface area contributed by atoms with Crippen LogP contribution >= 0.6 is 0 Å². The van der Waals surface area contributed by atoms with Crippen molar-refractivity contribution < 1.29 is 4.74 Å². The van der Waals surface area contributed by atoms with E-state index in [1.807, 2.05) is 17.9 Å². The number of ether oxygens (including phenoxy) is 1. The van der Waals surface area contributed by atoms with Crippen molar-refractivity contribution in [2.45, 2.75) is 38.8 Å². The fourth-order valence-corrected chi connectivity index (χ4v) is 3.21. The lowest BCUT2D eigenvalue weighted by atomic mass is 10.0. The highest BCUT2D eigenvalue weighted by atomic mass is 16.5. The van der Waals surface area contributed by atoms with Crippen molar-refractivity contribution in [3.8, 4) is 5.75 Å². The molecule has 1 aromatic carbocycles. The molecule has 1 aliphatic carbocycles. The maximum absolute atomic E-state index is 5.36. The van der Waals surface area contributed by atoms with Crippen molar-refractivity contribution in [2.24, 2.45) is 7.05 Å². The van der Waals surface area contributed by atoms with E-state index in [0.717, 1.165) is 18.6 Å². The van der Waals surface area contributed by atoms with Gasteiger partial charge in [0, 0.05) is 30.4 Å². The molecule has 0 radical (unpaired) electrons. The number of methoxy groups -OCH3 is 1. The van der Waals surface area contributed by atoms with Crippen molar-refractivity contribution in [1.82, 2.24) is 15.1 Å². The first kappa shape index (κ1) is 14.1. The van der Waals surface area contributed by atoms with Crippen molar-refractivity contribution in [1.29, 1.82) is 0 Å². The van der Waals surface area contributed by atoms with Gasteiger partial charge in [-0.05, 0) is 49.9 Å². The number of nitrogens with one attached hydrogen (secondary N) is 1. The van der Waals surface area contributed by atoms with Crippen LogP contribution in [-0.4, -0.2) is 16.9 Å². The Bertz CT molecular complexity index is 647. The quantitative estimate of drug-likeness (QED) is 0.938. The molecule has 0 bridgehead atoms. The highest BCUT2D eigenvalue weighted by Gasteiger charge is 2.25. The van der Waals surface area contributed by atoms with E-state index in [-0.39, 0.29) is 0 Å².